The van der Waals surface area contributed by atoms with Crippen molar-refractivity contribution >= 4 is 15.9 Å². The van der Waals surface area contributed by atoms with E-state index in [0.29, 0.717) is 32.1 Å². The molecule has 0 aliphatic carbocycles. The number of nitrogens with zero attached hydrogens (tertiary/aromatic N) is 2. The summed E-state index contributed by atoms with van der Waals surface area (Å²) in [6.07, 6.45) is 2.60. The maximum absolute atomic E-state index is 13.4. The van der Waals surface area contributed by atoms with Crippen molar-refractivity contribution in [3.8, 4) is 0 Å². The maximum atomic E-state index is 13.4. The summed E-state index contributed by atoms with van der Waals surface area (Å²) in [5.41, 5.74) is 0. The second-order valence-corrected chi connectivity index (χ2v) is 8.92. The van der Waals surface area contributed by atoms with Crippen LogP contribution in [0.4, 0.5) is 8.78 Å². The Morgan fingerprint density at radius 2 is 1.67 bits per heavy atom. The highest BCUT2D eigenvalue weighted by Gasteiger charge is 2.35. The molecule has 1 aromatic carbocycles. The molecule has 27 heavy (non-hydrogen) atoms. The molecule has 150 valence electrons. The third-order valence-corrected chi connectivity index (χ3v) is 7.19. The molecule has 0 aromatic heterocycles. The molecular formula is C18H24F2N2O4S. The van der Waals surface area contributed by atoms with Gasteiger partial charge in [-0.1, -0.05) is 0 Å². The zero-order valence-electron chi connectivity index (χ0n) is 15.2. The van der Waals surface area contributed by atoms with Crippen LogP contribution >= 0.6 is 0 Å². The molecule has 2 saturated heterocycles. The van der Waals surface area contributed by atoms with Gasteiger partial charge in [-0.05, 0) is 43.9 Å². The average molecular weight is 402 g/mol. The van der Waals surface area contributed by atoms with Crippen molar-refractivity contribution in [1.29, 1.82) is 0 Å². The summed E-state index contributed by atoms with van der Waals surface area (Å²) >= 11 is 0. The number of carbonyl (C=O) groups is 1. The third kappa shape index (κ3) is 4.30. The largest absolute Gasteiger partial charge is 0.381 e. The Labute approximate surface area is 158 Å². The van der Waals surface area contributed by atoms with Crippen molar-refractivity contribution in [3.63, 3.8) is 0 Å². The van der Waals surface area contributed by atoms with E-state index in [1.54, 1.807) is 6.92 Å². The number of benzene rings is 1. The summed E-state index contributed by atoms with van der Waals surface area (Å²) in [6.45, 7) is 3.26. The molecule has 2 heterocycles. The molecule has 0 unspecified atom stereocenters. The Morgan fingerprint density at radius 3 is 2.22 bits per heavy atom. The fraction of sp³-hybridized carbons (Fsp3) is 0.611. The summed E-state index contributed by atoms with van der Waals surface area (Å²) in [5, 5.41) is 0. The first kappa shape index (κ1) is 20.2. The van der Waals surface area contributed by atoms with Crippen molar-refractivity contribution in [3.05, 3.63) is 29.8 Å². The van der Waals surface area contributed by atoms with E-state index in [9.17, 15) is 22.0 Å². The number of carbonyl (C=O) groups excluding carboxylic acids is 1. The Kier molecular flexibility index (Phi) is 6.12. The number of piperidine rings is 1. The topological polar surface area (TPSA) is 66.9 Å². The predicted octanol–water partition coefficient (Wildman–Crippen LogP) is 2.15. The quantitative estimate of drug-likeness (QED) is 0.774. The number of hydrogen-bond acceptors (Lipinski definition) is 4. The molecule has 2 fully saturated rings. The van der Waals surface area contributed by atoms with Crippen LogP contribution in [0.15, 0.2) is 23.1 Å². The van der Waals surface area contributed by atoms with E-state index in [1.165, 1.54) is 4.31 Å². The second-order valence-electron chi connectivity index (χ2n) is 6.98. The predicted molar refractivity (Wildman–Crippen MR) is 94.5 cm³/mol. The molecule has 0 N–H and O–H groups in total. The lowest BCUT2D eigenvalue weighted by Crippen LogP contribution is -2.53. The van der Waals surface area contributed by atoms with Crippen LogP contribution in [0, 0.1) is 11.6 Å². The minimum absolute atomic E-state index is 0.0104. The van der Waals surface area contributed by atoms with E-state index in [4.69, 9.17) is 4.74 Å². The fourth-order valence-electron chi connectivity index (χ4n) is 3.92. The van der Waals surface area contributed by atoms with Gasteiger partial charge in [0, 0.05) is 45.3 Å². The minimum atomic E-state index is -3.89. The molecule has 0 saturated carbocycles. The zero-order chi connectivity index (χ0) is 19.6. The van der Waals surface area contributed by atoms with Crippen LogP contribution in [0.5, 0.6) is 0 Å². The smallest absolute Gasteiger partial charge is 0.243 e. The van der Waals surface area contributed by atoms with Crippen molar-refractivity contribution in [2.75, 3.05) is 26.3 Å². The molecule has 9 heteroatoms. The van der Waals surface area contributed by atoms with Crippen LogP contribution < -0.4 is 0 Å². The fourth-order valence-corrected chi connectivity index (χ4v) is 5.40. The van der Waals surface area contributed by atoms with Crippen LogP contribution in [0.1, 0.15) is 32.6 Å². The third-order valence-electron chi connectivity index (χ3n) is 5.29. The van der Waals surface area contributed by atoms with E-state index in [1.807, 2.05) is 4.90 Å². The molecule has 0 radical (unpaired) electrons. The maximum Gasteiger partial charge on any atom is 0.243 e. The molecule has 1 aromatic rings. The Hall–Kier alpha value is -1.58. The van der Waals surface area contributed by atoms with Gasteiger partial charge in [0.15, 0.2) is 11.6 Å². The van der Waals surface area contributed by atoms with Crippen molar-refractivity contribution < 1.29 is 26.7 Å². The van der Waals surface area contributed by atoms with Gasteiger partial charge in [-0.3, -0.25) is 4.79 Å². The second kappa shape index (κ2) is 8.20. The van der Waals surface area contributed by atoms with Crippen molar-refractivity contribution in [2.45, 2.75) is 49.6 Å². The van der Waals surface area contributed by atoms with Gasteiger partial charge >= 0.3 is 0 Å². The van der Waals surface area contributed by atoms with Gasteiger partial charge in [-0.2, -0.15) is 4.31 Å². The van der Waals surface area contributed by atoms with E-state index < -0.39 is 21.7 Å². The molecule has 1 amide bonds. The lowest BCUT2D eigenvalue weighted by Gasteiger charge is -2.43. The number of ether oxygens (including phenoxy) is 1. The molecule has 6 nitrogen and oxygen atoms in total. The zero-order valence-corrected chi connectivity index (χ0v) is 16.1. The number of hydrogen-bond donors (Lipinski definition) is 0. The first-order chi connectivity index (χ1) is 12.8. The standard InChI is InChI=1S/C18H24F2N2O4S/c1-13(23)22(15-6-10-26-11-7-15)14-4-8-21(9-5-14)27(24,25)16-2-3-17(19)18(20)12-16/h2-3,12,14-15H,4-11H2,1H3. The molecule has 0 bridgehead atoms. The monoisotopic (exact) mass is 402 g/mol. The molecule has 3 rings (SSSR count). The van der Waals surface area contributed by atoms with Crippen molar-refractivity contribution in [2.24, 2.45) is 0 Å². The van der Waals surface area contributed by atoms with Crippen LogP contribution in [0.25, 0.3) is 0 Å². The van der Waals surface area contributed by atoms with Gasteiger partial charge in [-0.25, -0.2) is 17.2 Å². The molecule has 0 atom stereocenters. The summed E-state index contributed by atoms with van der Waals surface area (Å²) in [4.78, 5) is 13.8. The van der Waals surface area contributed by atoms with E-state index in [2.05, 4.69) is 0 Å². The van der Waals surface area contributed by atoms with Gasteiger partial charge in [-0.15, -0.1) is 0 Å². The first-order valence-electron chi connectivity index (χ1n) is 9.12. The normalized spacial score (nSPS) is 20.6. The van der Waals surface area contributed by atoms with Crippen LogP contribution in [-0.4, -0.2) is 61.9 Å². The lowest BCUT2D eigenvalue weighted by atomic mass is 9.99. The highest BCUT2D eigenvalue weighted by Crippen LogP contribution is 2.27. The first-order valence-corrected chi connectivity index (χ1v) is 10.6. The van der Waals surface area contributed by atoms with Gasteiger partial charge < -0.3 is 9.64 Å². The van der Waals surface area contributed by atoms with Gasteiger partial charge in [0.2, 0.25) is 15.9 Å². The van der Waals surface area contributed by atoms with E-state index in [0.717, 1.165) is 25.0 Å². The average Bonchev–Trinajstić information content (AvgIpc) is 2.65. The van der Waals surface area contributed by atoms with Gasteiger partial charge in [0.25, 0.3) is 0 Å². The number of halogens is 2. The number of amides is 1. The Morgan fingerprint density at radius 1 is 1.07 bits per heavy atom. The number of rotatable bonds is 4. The van der Waals surface area contributed by atoms with Crippen LogP contribution in [0.2, 0.25) is 0 Å². The number of sulfonamides is 1. The van der Waals surface area contributed by atoms with E-state index in [-0.39, 0.29) is 36.0 Å². The molecular weight excluding hydrogens is 378 g/mol. The van der Waals surface area contributed by atoms with Crippen LogP contribution in [0.3, 0.4) is 0 Å². The summed E-state index contributed by atoms with van der Waals surface area (Å²) in [6, 6.07) is 2.69. The van der Waals surface area contributed by atoms with Crippen molar-refractivity contribution in [1.82, 2.24) is 9.21 Å². The molecule has 0 spiro atoms. The summed E-state index contributed by atoms with van der Waals surface area (Å²) in [7, 11) is -3.89. The Bertz CT molecular complexity index is 789. The summed E-state index contributed by atoms with van der Waals surface area (Å²) in [5.74, 6) is -2.28. The van der Waals surface area contributed by atoms with E-state index >= 15 is 0 Å². The lowest BCUT2D eigenvalue weighted by molar-refractivity contribution is -0.137. The van der Waals surface area contributed by atoms with Gasteiger partial charge in [0.1, 0.15) is 0 Å². The SMILES string of the molecule is CC(=O)N(C1CCOCC1)C1CCN(S(=O)(=O)c2ccc(F)c(F)c2)CC1. The van der Waals surface area contributed by atoms with Gasteiger partial charge in [0.05, 0.1) is 4.90 Å². The minimum Gasteiger partial charge on any atom is -0.381 e. The highest BCUT2D eigenvalue weighted by molar-refractivity contribution is 7.89. The molecule has 2 aliphatic rings. The highest BCUT2D eigenvalue weighted by atomic mass is 32.2. The summed E-state index contributed by atoms with van der Waals surface area (Å²) < 4.78 is 58.6. The Balaban J connectivity index is 1.69. The van der Waals surface area contributed by atoms with Crippen LogP contribution in [-0.2, 0) is 19.6 Å². The molecule has 2 aliphatic heterocycles.